The Labute approximate surface area is 174 Å². The van der Waals surface area contributed by atoms with Crippen molar-refractivity contribution in [1.29, 1.82) is 0 Å². The first kappa shape index (κ1) is 21.9. The summed E-state index contributed by atoms with van der Waals surface area (Å²) in [7, 11) is -3.63. The van der Waals surface area contributed by atoms with E-state index in [-0.39, 0.29) is 29.0 Å². The number of amides is 1. The molecular weight excluding hydrogens is 412 g/mol. The summed E-state index contributed by atoms with van der Waals surface area (Å²) in [4.78, 5) is 24.0. The lowest BCUT2D eigenvalue weighted by molar-refractivity contribution is 0.0481. The van der Waals surface area contributed by atoms with Gasteiger partial charge in [-0.05, 0) is 49.4 Å². The SMILES string of the molecule is CCOC(=O)c1nnc(NC(=O)c2ccc(S(=O)(=O)N3C[C@H](C)C[C@H](C)C3)cc2)o1. The van der Waals surface area contributed by atoms with E-state index >= 15 is 0 Å². The maximum atomic E-state index is 12.9. The monoisotopic (exact) mass is 436 g/mol. The molecular formula is C19H24N4O6S. The summed E-state index contributed by atoms with van der Waals surface area (Å²) in [6.07, 6.45) is 0.999. The second kappa shape index (κ2) is 8.92. The van der Waals surface area contributed by atoms with Crippen molar-refractivity contribution in [3.05, 3.63) is 35.7 Å². The number of nitrogens with one attached hydrogen (secondary N) is 1. The van der Waals surface area contributed by atoms with Crippen LogP contribution in [0, 0.1) is 11.8 Å². The van der Waals surface area contributed by atoms with Crippen LogP contribution in [0.2, 0.25) is 0 Å². The largest absolute Gasteiger partial charge is 0.459 e. The number of aromatic nitrogens is 2. The van der Waals surface area contributed by atoms with Crippen LogP contribution in [0.5, 0.6) is 0 Å². The van der Waals surface area contributed by atoms with Crippen molar-refractivity contribution in [2.75, 3.05) is 25.0 Å². The first-order valence-corrected chi connectivity index (χ1v) is 11.1. The second-order valence-electron chi connectivity index (χ2n) is 7.38. The molecule has 0 radical (unpaired) electrons. The number of piperidine rings is 1. The Morgan fingerprint density at radius 1 is 1.17 bits per heavy atom. The molecule has 0 bridgehead atoms. The van der Waals surface area contributed by atoms with Gasteiger partial charge in [0.25, 0.3) is 5.91 Å². The average Bonchev–Trinajstić information content (AvgIpc) is 3.16. The minimum atomic E-state index is -3.63. The van der Waals surface area contributed by atoms with Gasteiger partial charge < -0.3 is 9.15 Å². The molecule has 1 aromatic heterocycles. The molecule has 162 valence electrons. The van der Waals surface area contributed by atoms with E-state index in [2.05, 4.69) is 15.5 Å². The Balaban J connectivity index is 1.69. The van der Waals surface area contributed by atoms with Crippen LogP contribution in [0.3, 0.4) is 0 Å². The highest BCUT2D eigenvalue weighted by Gasteiger charge is 2.31. The van der Waals surface area contributed by atoms with Crippen LogP contribution >= 0.6 is 0 Å². The third-order valence-corrected chi connectivity index (χ3v) is 6.53. The number of carbonyl (C=O) groups excluding carboxylic acids is 2. The van der Waals surface area contributed by atoms with E-state index < -0.39 is 21.9 Å². The van der Waals surface area contributed by atoms with Crippen LogP contribution in [0.4, 0.5) is 6.01 Å². The molecule has 1 saturated heterocycles. The van der Waals surface area contributed by atoms with Crippen molar-refractivity contribution < 1.29 is 27.2 Å². The van der Waals surface area contributed by atoms with E-state index in [4.69, 9.17) is 9.15 Å². The van der Waals surface area contributed by atoms with Gasteiger partial charge in [0.2, 0.25) is 10.0 Å². The maximum Gasteiger partial charge on any atom is 0.396 e. The van der Waals surface area contributed by atoms with Crippen LogP contribution in [0.25, 0.3) is 0 Å². The molecule has 1 aliphatic heterocycles. The third kappa shape index (κ3) is 4.85. The lowest BCUT2D eigenvalue weighted by atomic mass is 9.94. The number of esters is 1. The molecule has 30 heavy (non-hydrogen) atoms. The van der Waals surface area contributed by atoms with Crippen molar-refractivity contribution in [1.82, 2.24) is 14.5 Å². The standard InChI is InChI=1S/C19H24N4O6S/c1-4-28-18(25)17-21-22-19(29-17)20-16(24)14-5-7-15(8-6-14)30(26,27)23-10-12(2)9-13(3)11-23/h5-8,12-13H,4,9-11H2,1-3H3,(H,20,22,24)/t12-,13+. The molecule has 1 N–H and O–H groups in total. The van der Waals surface area contributed by atoms with E-state index in [0.717, 1.165) is 6.42 Å². The van der Waals surface area contributed by atoms with Crippen molar-refractivity contribution in [3.8, 4) is 0 Å². The van der Waals surface area contributed by atoms with Crippen molar-refractivity contribution in [3.63, 3.8) is 0 Å². The number of carbonyl (C=O) groups is 2. The molecule has 1 amide bonds. The van der Waals surface area contributed by atoms with Gasteiger partial charge >= 0.3 is 17.9 Å². The molecule has 3 rings (SSSR count). The molecule has 1 aromatic carbocycles. The van der Waals surface area contributed by atoms with E-state index in [1.807, 2.05) is 13.8 Å². The number of rotatable bonds is 6. The normalized spacial score (nSPS) is 20.0. The van der Waals surface area contributed by atoms with Crippen LogP contribution in [0.1, 0.15) is 48.2 Å². The Kier molecular flexibility index (Phi) is 6.52. The zero-order valence-electron chi connectivity index (χ0n) is 17.0. The number of sulfonamides is 1. The zero-order chi connectivity index (χ0) is 21.9. The molecule has 0 unspecified atom stereocenters. The van der Waals surface area contributed by atoms with E-state index in [1.165, 1.54) is 28.6 Å². The van der Waals surface area contributed by atoms with Gasteiger partial charge in [-0.1, -0.05) is 24.0 Å². The number of anilines is 1. The minimum absolute atomic E-state index is 0.128. The molecule has 1 aliphatic rings. The molecule has 11 heteroatoms. The molecule has 0 saturated carbocycles. The number of benzene rings is 1. The summed E-state index contributed by atoms with van der Waals surface area (Å²) in [5.41, 5.74) is 0.199. The Bertz CT molecular complexity index is 1010. The van der Waals surface area contributed by atoms with Gasteiger partial charge in [-0.25, -0.2) is 13.2 Å². The Morgan fingerprint density at radius 3 is 2.40 bits per heavy atom. The predicted molar refractivity (Wildman–Crippen MR) is 106 cm³/mol. The van der Waals surface area contributed by atoms with Crippen LogP contribution in [0.15, 0.2) is 33.6 Å². The average molecular weight is 436 g/mol. The molecule has 2 aromatic rings. The number of hydrogen-bond donors (Lipinski definition) is 1. The number of nitrogens with zero attached hydrogens (tertiary/aromatic N) is 3. The molecule has 10 nitrogen and oxygen atoms in total. The first-order valence-electron chi connectivity index (χ1n) is 9.63. The maximum absolute atomic E-state index is 12.9. The number of hydrogen-bond acceptors (Lipinski definition) is 8. The topological polar surface area (TPSA) is 132 Å². The molecule has 2 atom stereocenters. The highest BCUT2D eigenvalue weighted by molar-refractivity contribution is 7.89. The van der Waals surface area contributed by atoms with Gasteiger partial charge in [0.1, 0.15) is 0 Å². The lowest BCUT2D eigenvalue weighted by Gasteiger charge is -2.34. The summed E-state index contributed by atoms with van der Waals surface area (Å²) in [5.74, 6) is -1.16. The highest BCUT2D eigenvalue weighted by atomic mass is 32.2. The quantitative estimate of drug-likeness (QED) is 0.682. The van der Waals surface area contributed by atoms with E-state index in [9.17, 15) is 18.0 Å². The number of ether oxygens (including phenoxy) is 1. The lowest BCUT2D eigenvalue weighted by Crippen LogP contribution is -2.42. The molecule has 1 fully saturated rings. The van der Waals surface area contributed by atoms with Gasteiger partial charge in [-0.3, -0.25) is 10.1 Å². The van der Waals surface area contributed by atoms with Crippen LogP contribution in [-0.2, 0) is 14.8 Å². The summed E-state index contributed by atoms with van der Waals surface area (Å²) < 4.78 is 37.1. The van der Waals surface area contributed by atoms with E-state index in [1.54, 1.807) is 6.92 Å². The molecule has 0 aliphatic carbocycles. The second-order valence-corrected chi connectivity index (χ2v) is 9.32. The molecule has 0 spiro atoms. The zero-order valence-corrected chi connectivity index (χ0v) is 17.8. The highest BCUT2D eigenvalue weighted by Crippen LogP contribution is 2.26. The van der Waals surface area contributed by atoms with Gasteiger partial charge in [0, 0.05) is 18.7 Å². The molecule has 2 heterocycles. The summed E-state index contributed by atoms with van der Waals surface area (Å²) in [6.45, 7) is 6.82. The Morgan fingerprint density at radius 2 is 1.80 bits per heavy atom. The minimum Gasteiger partial charge on any atom is -0.459 e. The van der Waals surface area contributed by atoms with Crippen molar-refractivity contribution >= 4 is 27.9 Å². The van der Waals surface area contributed by atoms with Gasteiger partial charge in [0.15, 0.2) is 0 Å². The van der Waals surface area contributed by atoms with Gasteiger partial charge in [-0.2, -0.15) is 4.31 Å². The Hall–Kier alpha value is -2.79. The smallest absolute Gasteiger partial charge is 0.396 e. The third-order valence-electron chi connectivity index (χ3n) is 4.69. The van der Waals surface area contributed by atoms with Gasteiger partial charge in [0.05, 0.1) is 11.5 Å². The predicted octanol–water partition coefficient (Wildman–Crippen LogP) is 2.17. The van der Waals surface area contributed by atoms with Gasteiger partial charge in [-0.15, -0.1) is 0 Å². The fraction of sp³-hybridized carbons (Fsp3) is 0.474. The van der Waals surface area contributed by atoms with Crippen molar-refractivity contribution in [2.45, 2.75) is 32.1 Å². The van der Waals surface area contributed by atoms with Crippen LogP contribution in [-0.4, -0.2) is 54.5 Å². The summed E-state index contributed by atoms with van der Waals surface area (Å²) in [5, 5.41) is 9.43. The van der Waals surface area contributed by atoms with Crippen LogP contribution < -0.4 is 5.32 Å². The summed E-state index contributed by atoms with van der Waals surface area (Å²) in [6, 6.07) is 5.33. The fourth-order valence-corrected chi connectivity index (χ4v) is 5.13. The fourth-order valence-electron chi connectivity index (χ4n) is 3.45. The van der Waals surface area contributed by atoms with Crippen molar-refractivity contribution in [2.24, 2.45) is 11.8 Å². The summed E-state index contributed by atoms with van der Waals surface area (Å²) >= 11 is 0. The van der Waals surface area contributed by atoms with E-state index in [0.29, 0.717) is 24.9 Å². The first-order chi connectivity index (χ1) is 14.2.